The molecule has 0 aliphatic carbocycles. The fourth-order valence-corrected chi connectivity index (χ4v) is 3.68. The summed E-state index contributed by atoms with van der Waals surface area (Å²) in [5, 5.41) is 2.43. The van der Waals surface area contributed by atoms with E-state index in [9.17, 15) is 14.0 Å². The van der Waals surface area contributed by atoms with E-state index in [0.29, 0.717) is 5.56 Å². The van der Waals surface area contributed by atoms with Gasteiger partial charge in [-0.05, 0) is 36.8 Å². The maximum atomic E-state index is 15.0. The number of hydrogen-bond acceptors (Lipinski definition) is 5. The lowest BCUT2D eigenvalue weighted by Crippen LogP contribution is -2.40. The van der Waals surface area contributed by atoms with E-state index in [1.807, 2.05) is 0 Å². The van der Waals surface area contributed by atoms with E-state index < -0.39 is 36.0 Å². The van der Waals surface area contributed by atoms with Gasteiger partial charge in [0.1, 0.15) is 12.4 Å². The van der Waals surface area contributed by atoms with Crippen LogP contribution in [0.2, 0.25) is 5.02 Å². The Kier molecular flexibility index (Phi) is 5.75. The monoisotopic (exact) mass is 458 g/mol. The summed E-state index contributed by atoms with van der Waals surface area (Å²) in [7, 11) is 1.31. The molecule has 1 aliphatic rings. The molecule has 0 radical (unpaired) electrons. The summed E-state index contributed by atoms with van der Waals surface area (Å²) >= 11 is 5.67. The van der Waals surface area contributed by atoms with Crippen LogP contribution < -0.4 is 15.0 Å². The van der Waals surface area contributed by atoms with Gasteiger partial charge in [0.15, 0.2) is 0 Å². The predicted molar refractivity (Wildman–Crippen MR) is 115 cm³/mol. The molecule has 0 unspecified atom stereocenters. The number of anilines is 2. The quantitative estimate of drug-likeness (QED) is 0.593. The highest BCUT2D eigenvalue weighted by Gasteiger charge is 2.35. The van der Waals surface area contributed by atoms with Crippen LogP contribution in [0, 0.1) is 11.8 Å². The van der Waals surface area contributed by atoms with Crippen LogP contribution in [0.5, 0.6) is 5.88 Å². The third-order valence-corrected chi connectivity index (χ3v) is 5.42. The first kappa shape index (κ1) is 21.6. The molecule has 1 atom stereocenters. The molecule has 1 N–H and O–H groups in total. The molecule has 0 fully saturated rings. The molecular formula is C22H17ClF2N4O3. The number of methoxy groups -OCH3 is 1. The number of pyridine rings is 2. The zero-order valence-corrected chi connectivity index (χ0v) is 17.8. The maximum absolute atomic E-state index is 15.0. The van der Waals surface area contributed by atoms with E-state index in [-0.39, 0.29) is 33.5 Å². The molecule has 0 saturated carbocycles. The van der Waals surface area contributed by atoms with Crippen molar-refractivity contribution in [3.05, 3.63) is 64.9 Å². The molecule has 2 amide bonds. The second kappa shape index (κ2) is 8.51. The first-order valence-electron chi connectivity index (χ1n) is 9.56. The minimum absolute atomic E-state index is 0.00978. The van der Waals surface area contributed by atoms with Crippen molar-refractivity contribution < 1.29 is 23.1 Å². The van der Waals surface area contributed by atoms with Gasteiger partial charge in [-0.25, -0.2) is 4.39 Å². The van der Waals surface area contributed by atoms with Crippen molar-refractivity contribution in [3.8, 4) is 17.1 Å². The number of carbonyl (C=O) groups is 2. The molecule has 4 rings (SSSR count). The Morgan fingerprint density at radius 1 is 1.28 bits per heavy atom. The van der Waals surface area contributed by atoms with Gasteiger partial charge in [-0.3, -0.25) is 14.6 Å². The second-order valence-corrected chi connectivity index (χ2v) is 7.52. The molecule has 0 spiro atoms. The minimum Gasteiger partial charge on any atom is -0.481 e. The summed E-state index contributed by atoms with van der Waals surface area (Å²) in [6.45, 7) is 1.19. The molecule has 0 saturated heterocycles. The fraction of sp³-hybridized carbons (Fsp3) is 0.182. The number of amides is 2. The van der Waals surface area contributed by atoms with Crippen LogP contribution in [0.1, 0.15) is 18.4 Å². The second-order valence-electron chi connectivity index (χ2n) is 7.11. The molecule has 1 aliphatic heterocycles. The molecule has 3 heterocycles. The normalized spacial score (nSPS) is 15.0. The lowest BCUT2D eigenvalue weighted by Gasteiger charge is -2.24. The molecule has 7 nitrogen and oxygen atoms in total. The van der Waals surface area contributed by atoms with Gasteiger partial charge in [-0.1, -0.05) is 17.7 Å². The topological polar surface area (TPSA) is 84.4 Å². The third-order valence-electron chi connectivity index (χ3n) is 5.11. The van der Waals surface area contributed by atoms with Crippen molar-refractivity contribution in [1.29, 1.82) is 0 Å². The largest absolute Gasteiger partial charge is 0.481 e. The van der Waals surface area contributed by atoms with Crippen LogP contribution in [0.4, 0.5) is 20.2 Å². The standard InChI is InChI=1S/C22H17ClF2N4O3/c1-11-13-4-3-7-26-20(13)19-16(9-18(32-2)28-21(19)25)29(22(11)31)10-17(30)27-12-5-6-14(23)15(24)8-12/h3-9,11H,10H2,1-2H3,(H,27,30)/t11-/m0/s1. The van der Waals surface area contributed by atoms with Gasteiger partial charge in [0.2, 0.25) is 23.6 Å². The predicted octanol–water partition coefficient (Wildman–Crippen LogP) is 4.17. The first-order valence-corrected chi connectivity index (χ1v) is 9.94. The molecule has 0 bridgehead atoms. The molecular weight excluding hydrogens is 442 g/mol. The third kappa shape index (κ3) is 3.87. The highest BCUT2D eigenvalue weighted by Crippen LogP contribution is 2.42. The summed E-state index contributed by atoms with van der Waals surface area (Å²) in [5.74, 6) is -3.42. The zero-order valence-electron chi connectivity index (χ0n) is 17.0. The van der Waals surface area contributed by atoms with Gasteiger partial charge in [-0.2, -0.15) is 9.37 Å². The molecule has 10 heteroatoms. The van der Waals surface area contributed by atoms with Gasteiger partial charge >= 0.3 is 0 Å². The molecule has 32 heavy (non-hydrogen) atoms. The Hall–Kier alpha value is -3.59. The van der Waals surface area contributed by atoms with E-state index in [1.165, 1.54) is 31.5 Å². The average molecular weight is 459 g/mol. The molecule has 3 aromatic rings. The summed E-state index contributed by atoms with van der Waals surface area (Å²) in [4.78, 5) is 35.3. The van der Waals surface area contributed by atoms with Gasteiger partial charge in [0.25, 0.3) is 0 Å². The smallest absolute Gasteiger partial charge is 0.244 e. The zero-order chi connectivity index (χ0) is 23.0. The number of ether oxygens (including phenoxy) is 1. The van der Waals surface area contributed by atoms with Gasteiger partial charge in [0.05, 0.1) is 35.0 Å². The Morgan fingerprint density at radius 3 is 2.78 bits per heavy atom. The maximum Gasteiger partial charge on any atom is 0.244 e. The number of aromatic nitrogens is 2. The van der Waals surface area contributed by atoms with Crippen molar-refractivity contribution in [3.63, 3.8) is 0 Å². The number of nitrogens with one attached hydrogen (secondary N) is 1. The minimum atomic E-state index is -0.883. The molecule has 1 aromatic carbocycles. The van der Waals surface area contributed by atoms with E-state index in [1.54, 1.807) is 19.1 Å². The summed E-state index contributed by atoms with van der Waals surface area (Å²) in [5.41, 5.74) is 1.02. The lowest BCUT2D eigenvalue weighted by molar-refractivity contribution is -0.122. The number of fused-ring (bicyclic) bond motifs is 3. The Labute approximate surface area is 187 Å². The highest BCUT2D eigenvalue weighted by molar-refractivity contribution is 6.30. The van der Waals surface area contributed by atoms with E-state index >= 15 is 4.39 Å². The Morgan fingerprint density at radius 2 is 2.06 bits per heavy atom. The summed E-state index contributed by atoms with van der Waals surface area (Å²) in [6, 6.07) is 8.49. The van der Waals surface area contributed by atoms with Crippen molar-refractivity contribution in [2.75, 3.05) is 23.9 Å². The number of carbonyl (C=O) groups excluding carboxylic acids is 2. The van der Waals surface area contributed by atoms with E-state index in [2.05, 4.69) is 15.3 Å². The van der Waals surface area contributed by atoms with Crippen LogP contribution in [0.25, 0.3) is 11.3 Å². The van der Waals surface area contributed by atoms with Gasteiger partial charge in [-0.15, -0.1) is 0 Å². The first-order chi connectivity index (χ1) is 15.3. The molecule has 164 valence electrons. The summed E-state index contributed by atoms with van der Waals surface area (Å²) < 4.78 is 33.8. The van der Waals surface area contributed by atoms with Crippen molar-refractivity contribution >= 4 is 34.8 Å². The Bertz CT molecular complexity index is 1240. The van der Waals surface area contributed by atoms with Crippen LogP contribution in [0.15, 0.2) is 42.6 Å². The Balaban J connectivity index is 1.77. The van der Waals surface area contributed by atoms with Crippen LogP contribution >= 0.6 is 11.6 Å². The van der Waals surface area contributed by atoms with Crippen LogP contribution in [-0.4, -0.2) is 35.4 Å². The van der Waals surface area contributed by atoms with Gasteiger partial charge in [0, 0.05) is 18.0 Å². The van der Waals surface area contributed by atoms with Crippen LogP contribution in [-0.2, 0) is 9.59 Å². The van der Waals surface area contributed by atoms with E-state index in [4.69, 9.17) is 16.3 Å². The van der Waals surface area contributed by atoms with Crippen molar-refractivity contribution in [1.82, 2.24) is 9.97 Å². The number of benzene rings is 1. The SMILES string of the molecule is COc1cc2c(c(F)n1)-c1ncccc1[C@H](C)C(=O)N2CC(=O)Nc1ccc(Cl)c(F)c1. The fourth-order valence-electron chi connectivity index (χ4n) is 3.56. The molecule has 2 aromatic heterocycles. The number of halogens is 3. The summed E-state index contributed by atoms with van der Waals surface area (Å²) in [6.07, 6.45) is 1.49. The number of rotatable bonds is 4. The van der Waals surface area contributed by atoms with Crippen molar-refractivity contribution in [2.24, 2.45) is 0 Å². The lowest BCUT2D eigenvalue weighted by atomic mass is 9.97. The highest BCUT2D eigenvalue weighted by atomic mass is 35.5. The van der Waals surface area contributed by atoms with Gasteiger partial charge < -0.3 is 15.0 Å². The average Bonchev–Trinajstić information content (AvgIpc) is 2.86. The van der Waals surface area contributed by atoms with Crippen molar-refractivity contribution in [2.45, 2.75) is 12.8 Å². The van der Waals surface area contributed by atoms with E-state index in [0.717, 1.165) is 11.0 Å². The van der Waals surface area contributed by atoms with Crippen LogP contribution in [0.3, 0.4) is 0 Å². The number of nitrogens with zero attached hydrogens (tertiary/aromatic N) is 3. The number of hydrogen-bond donors (Lipinski definition) is 1.